The molecule has 1 atom stereocenters. The van der Waals surface area contributed by atoms with Crippen LogP contribution < -0.4 is 10.5 Å². The third-order valence-corrected chi connectivity index (χ3v) is 4.00. The molecule has 0 saturated heterocycles. The Morgan fingerprint density at radius 1 is 1.44 bits per heavy atom. The van der Waals surface area contributed by atoms with Gasteiger partial charge in [0.25, 0.3) is 0 Å². The summed E-state index contributed by atoms with van der Waals surface area (Å²) in [7, 11) is 1.62. The Hall–Kier alpha value is -0.910. The normalized spacial score (nSPS) is 12.4. The predicted molar refractivity (Wildman–Crippen MR) is 68.8 cm³/mol. The number of halogens is 1. The van der Waals surface area contributed by atoms with Gasteiger partial charge in [-0.3, -0.25) is 4.98 Å². The van der Waals surface area contributed by atoms with Crippen LogP contribution in [-0.4, -0.2) is 12.1 Å². The number of nitrogens with zero attached hydrogens (tertiary/aromatic N) is 1. The van der Waals surface area contributed by atoms with E-state index in [0.717, 1.165) is 20.7 Å². The van der Waals surface area contributed by atoms with Crippen molar-refractivity contribution in [3.63, 3.8) is 0 Å². The maximum Gasteiger partial charge on any atom is 0.137 e. The first-order valence-electron chi connectivity index (χ1n) is 4.69. The molecule has 2 heterocycles. The molecule has 0 aliphatic carbocycles. The highest BCUT2D eigenvalue weighted by Gasteiger charge is 2.12. The molecule has 0 bridgehead atoms. The fraction of sp³-hybridized carbons (Fsp3) is 0.182. The highest BCUT2D eigenvalue weighted by Crippen LogP contribution is 2.29. The number of aromatic nitrogens is 1. The van der Waals surface area contributed by atoms with Gasteiger partial charge in [0.05, 0.1) is 19.3 Å². The summed E-state index contributed by atoms with van der Waals surface area (Å²) < 4.78 is 6.18. The third kappa shape index (κ3) is 2.42. The molecule has 0 aromatic carbocycles. The van der Waals surface area contributed by atoms with Gasteiger partial charge < -0.3 is 10.5 Å². The van der Waals surface area contributed by atoms with Gasteiger partial charge in [0.15, 0.2) is 0 Å². The van der Waals surface area contributed by atoms with Crippen molar-refractivity contribution in [1.29, 1.82) is 0 Å². The summed E-state index contributed by atoms with van der Waals surface area (Å²) in [6.07, 6.45) is 3.43. The molecule has 2 N–H and O–H groups in total. The summed E-state index contributed by atoms with van der Waals surface area (Å²) in [4.78, 5) is 5.20. The average molecular weight is 299 g/mol. The molecule has 2 aromatic rings. The Morgan fingerprint density at radius 2 is 2.25 bits per heavy atom. The van der Waals surface area contributed by atoms with Gasteiger partial charge in [-0.15, -0.1) is 11.3 Å². The first-order chi connectivity index (χ1) is 7.70. The molecule has 0 spiro atoms. The van der Waals surface area contributed by atoms with E-state index in [1.807, 2.05) is 17.5 Å². The summed E-state index contributed by atoms with van der Waals surface area (Å²) in [6, 6.07) is 3.78. The molecule has 0 amide bonds. The van der Waals surface area contributed by atoms with Crippen LogP contribution in [0.2, 0.25) is 0 Å². The first kappa shape index (κ1) is 11.6. The van der Waals surface area contributed by atoms with Crippen LogP contribution in [0.25, 0.3) is 0 Å². The number of nitrogens with two attached hydrogens (primary N) is 1. The number of hydrogen-bond donors (Lipinski definition) is 1. The molecular weight excluding hydrogens is 288 g/mol. The standard InChI is InChI=1S/C11H11BrN2OS/c1-15-9-2-7(4-14-5-9)11(13)10-3-8(12)6-16-10/h2-6,11H,13H2,1H3. The van der Waals surface area contributed by atoms with Crippen molar-refractivity contribution < 1.29 is 4.74 Å². The topological polar surface area (TPSA) is 48.1 Å². The van der Waals surface area contributed by atoms with Crippen molar-refractivity contribution >= 4 is 27.3 Å². The Balaban J connectivity index is 2.29. The molecule has 0 radical (unpaired) electrons. The number of thiophene rings is 1. The molecular formula is C11H11BrN2OS. The molecule has 3 nitrogen and oxygen atoms in total. The molecule has 5 heteroatoms. The zero-order valence-corrected chi connectivity index (χ0v) is 11.1. The molecule has 2 rings (SSSR count). The molecule has 1 unspecified atom stereocenters. The smallest absolute Gasteiger partial charge is 0.137 e. The number of ether oxygens (including phenoxy) is 1. The minimum absolute atomic E-state index is 0.154. The highest BCUT2D eigenvalue weighted by atomic mass is 79.9. The molecule has 2 aromatic heterocycles. The molecule has 84 valence electrons. The zero-order chi connectivity index (χ0) is 11.5. The third-order valence-electron chi connectivity index (χ3n) is 2.22. The molecule has 0 aliphatic rings. The van der Waals surface area contributed by atoms with Crippen LogP contribution >= 0.6 is 27.3 Å². The van der Waals surface area contributed by atoms with Crippen LogP contribution in [0.15, 0.2) is 34.4 Å². The van der Waals surface area contributed by atoms with E-state index < -0.39 is 0 Å². The molecule has 0 aliphatic heterocycles. The van der Waals surface area contributed by atoms with Gasteiger partial charge in [-0.1, -0.05) is 0 Å². The summed E-state index contributed by atoms with van der Waals surface area (Å²) in [5, 5.41) is 2.02. The summed E-state index contributed by atoms with van der Waals surface area (Å²) >= 11 is 5.04. The predicted octanol–water partition coefficient (Wildman–Crippen LogP) is 2.96. The second-order valence-electron chi connectivity index (χ2n) is 3.30. The second kappa shape index (κ2) is 4.95. The Labute approximate surface area is 106 Å². The van der Waals surface area contributed by atoms with Gasteiger partial charge in [-0.05, 0) is 33.6 Å². The first-order valence-corrected chi connectivity index (χ1v) is 6.36. The van der Waals surface area contributed by atoms with Crippen LogP contribution in [0.5, 0.6) is 5.75 Å². The van der Waals surface area contributed by atoms with Gasteiger partial charge in [0.1, 0.15) is 5.75 Å². The minimum Gasteiger partial charge on any atom is -0.495 e. The van der Waals surface area contributed by atoms with Crippen molar-refractivity contribution in [2.45, 2.75) is 6.04 Å². The van der Waals surface area contributed by atoms with Crippen molar-refractivity contribution in [3.05, 3.63) is 44.8 Å². The van der Waals surface area contributed by atoms with Crippen molar-refractivity contribution in [1.82, 2.24) is 4.98 Å². The molecule has 0 saturated carbocycles. The van der Waals surface area contributed by atoms with Gasteiger partial charge >= 0.3 is 0 Å². The maximum absolute atomic E-state index is 6.15. The Morgan fingerprint density at radius 3 is 2.88 bits per heavy atom. The van der Waals surface area contributed by atoms with Crippen LogP contribution in [0, 0.1) is 0 Å². The fourth-order valence-corrected chi connectivity index (χ4v) is 2.85. The van der Waals surface area contributed by atoms with Crippen LogP contribution in [0.4, 0.5) is 0 Å². The lowest BCUT2D eigenvalue weighted by atomic mass is 10.1. The van der Waals surface area contributed by atoms with E-state index in [-0.39, 0.29) is 6.04 Å². The lowest BCUT2D eigenvalue weighted by Crippen LogP contribution is -2.10. The molecule has 0 fully saturated rings. The number of pyridine rings is 1. The lowest BCUT2D eigenvalue weighted by molar-refractivity contribution is 0.412. The van der Waals surface area contributed by atoms with E-state index in [2.05, 4.69) is 20.9 Å². The number of hydrogen-bond acceptors (Lipinski definition) is 4. The summed E-state index contributed by atoms with van der Waals surface area (Å²) in [5.74, 6) is 0.726. The average Bonchev–Trinajstić information content (AvgIpc) is 2.75. The SMILES string of the molecule is COc1cncc(C(N)c2cc(Br)cs2)c1. The van der Waals surface area contributed by atoms with Crippen molar-refractivity contribution in [2.75, 3.05) is 7.11 Å². The maximum atomic E-state index is 6.15. The lowest BCUT2D eigenvalue weighted by Gasteiger charge is -2.10. The van der Waals surface area contributed by atoms with Crippen LogP contribution in [-0.2, 0) is 0 Å². The van der Waals surface area contributed by atoms with Gasteiger partial charge in [0.2, 0.25) is 0 Å². The van der Waals surface area contributed by atoms with Gasteiger partial charge in [0, 0.05) is 20.9 Å². The monoisotopic (exact) mass is 298 g/mol. The fourth-order valence-electron chi connectivity index (χ4n) is 1.37. The van der Waals surface area contributed by atoms with Crippen molar-refractivity contribution in [3.8, 4) is 5.75 Å². The van der Waals surface area contributed by atoms with Crippen molar-refractivity contribution in [2.24, 2.45) is 5.73 Å². The quantitative estimate of drug-likeness (QED) is 0.948. The van der Waals surface area contributed by atoms with Gasteiger partial charge in [-0.25, -0.2) is 0 Å². The highest BCUT2D eigenvalue weighted by molar-refractivity contribution is 9.10. The van der Waals surface area contributed by atoms with E-state index in [0.29, 0.717) is 0 Å². The van der Waals surface area contributed by atoms with E-state index in [9.17, 15) is 0 Å². The van der Waals surface area contributed by atoms with E-state index >= 15 is 0 Å². The summed E-state index contributed by atoms with van der Waals surface area (Å²) in [5.41, 5.74) is 7.10. The number of rotatable bonds is 3. The molecule has 16 heavy (non-hydrogen) atoms. The second-order valence-corrected chi connectivity index (χ2v) is 5.16. The minimum atomic E-state index is -0.154. The van der Waals surface area contributed by atoms with E-state index in [1.165, 1.54) is 0 Å². The summed E-state index contributed by atoms with van der Waals surface area (Å²) in [6.45, 7) is 0. The largest absolute Gasteiger partial charge is 0.495 e. The van der Waals surface area contributed by atoms with Crippen LogP contribution in [0.3, 0.4) is 0 Å². The van der Waals surface area contributed by atoms with E-state index in [4.69, 9.17) is 10.5 Å². The van der Waals surface area contributed by atoms with E-state index in [1.54, 1.807) is 30.8 Å². The van der Waals surface area contributed by atoms with Crippen LogP contribution in [0.1, 0.15) is 16.5 Å². The zero-order valence-electron chi connectivity index (χ0n) is 8.68. The van der Waals surface area contributed by atoms with Gasteiger partial charge in [-0.2, -0.15) is 0 Å². The Kier molecular flexibility index (Phi) is 3.58. The Bertz CT molecular complexity index is 486. The number of methoxy groups -OCH3 is 1.